The van der Waals surface area contributed by atoms with Crippen LogP contribution in [0.5, 0.6) is 0 Å². The molecule has 0 atom stereocenters. The van der Waals surface area contributed by atoms with Crippen LogP contribution in [0.25, 0.3) is 0 Å². The number of hydrogen-bond acceptors (Lipinski definition) is 12. The number of carbonyl (C=O) groups is 6. The second kappa shape index (κ2) is 35.7. The lowest BCUT2D eigenvalue weighted by atomic mass is 10.1. The summed E-state index contributed by atoms with van der Waals surface area (Å²) in [4.78, 5) is 72.5. The summed E-state index contributed by atoms with van der Waals surface area (Å²) in [6, 6.07) is 19.9. The van der Waals surface area contributed by atoms with Crippen molar-refractivity contribution in [3.05, 3.63) is 106 Å². The third-order valence-electron chi connectivity index (χ3n) is 9.83. The van der Waals surface area contributed by atoms with Gasteiger partial charge in [-0.05, 0) is 92.7 Å². The lowest BCUT2D eigenvalue weighted by molar-refractivity contribution is 0.0440. The third-order valence-corrected chi connectivity index (χ3v) is 9.83. The van der Waals surface area contributed by atoms with Crippen LogP contribution in [0.3, 0.4) is 0 Å². The summed E-state index contributed by atoms with van der Waals surface area (Å²) in [5, 5.41) is 0. The standard InChI is InChI=1S/3C18H26O4/c1-13(2)9-11-21-17(19)15-7-5-6-8-16(15)18(20)22-12-10-14(3)4;1-4-5-8-12-21-17(19)15-9-6-7-10-16(15)18(20)22-13-11-14(2)3;1-3-5-9-13-21-17(19)15-11-7-8-12-16(15)18(20)22-14-10-6-4-2/h5-8,13-14H,9-12H2,1-4H3;6-7,9-10,14H,4-5,8,11-13H2,1-3H3;7-8,11-12H,3-6,9-10,13-14H2,1-2H3. The minimum absolute atomic E-state index is 0.265. The average molecular weight is 919 g/mol. The van der Waals surface area contributed by atoms with E-state index in [9.17, 15) is 28.8 Å². The average Bonchev–Trinajstić information content (AvgIpc) is 3.30. The zero-order valence-electron chi connectivity index (χ0n) is 41.3. The first-order valence-electron chi connectivity index (χ1n) is 24.0. The van der Waals surface area contributed by atoms with Gasteiger partial charge in [-0.2, -0.15) is 0 Å². The maximum absolute atomic E-state index is 12.1. The Morgan fingerprint density at radius 3 is 0.667 bits per heavy atom. The Balaban J connectivity index is 0.000000495. The molecule has 0 saturated carbocycles. The van der Waals surface area contributed by atoms with Gasteiger partial charge in [0.15, 0.2) is 0 Å². The highest BCUT2D eigenvalue weighted by atomic mass is 16.6. The van der Waals surface area contributed by atoms with E-state index in [0.29, 0.717) is 57.4 Å². The second-order valence-corrected chi connectivity index (χ2v) is 17.1. The number of esters is 6. The van der Waals surface area contributed by atoms with Crippen molar-refractivity contribution in [2.45, 2.75) is 139 Å². The first kappa shape index (κ1) is 58.5. The fourth-order valence-electron chi connectivity index (χ4n) is 5.70. The molecule has 0 spiro atoms. The molecule has 0 amide bonds. The van der Waals surface area contributed by atoms with Gasteiger partial charge in [0.25, 0.3) is 0 Å². The number of unbranched alkanes of at least 4 members (excludes halogenated alkanes) is 6. The molecule has 366 valence electrons. The van der Waals surface area contributed by atoms with E-state index in [1.54, 1.807) is 72.8 Å². The molecule has 3 rings (SSSR count). The van der Waals surface area contributed by atoms with Gasteiger partial charge in [-0.3, -0.25) is 0 Å². The summed E-state index contributed by atoms with van der Waals surface area (Å²) in [5.41, 5.74) is 1.63. The van der Waals surface area contributed by atoms with Crippen LogP contribution in [-0.4, -0.2) is 75.5 Å². The van der Waals surface area contributed by atoms with E-state index in [4.69, 9.17) is 28.4 Å². The molecule has 12 nitrogen and oxygen atoms in total. The quantitative estimate of drug-likeness (QED) is 0.0405. The molecular formula is C54H78O12. The Morgan fingerprint density at radius 1 is 0.318 bits per heavy atom. The third kappa shape index (κ3) is 25.2. The number of carbonyl (C=O) groups excluding carboxylic acids is 6. The molecule has 0 heterocycles. The van der Waals surface area contributed by atoms with E-state index >= 15 is 0 Å². The van der Waals surface area contributed by atoms with Gasteiger partial charge in [0.2, 0.25) is 0 Å². The normalized spacial score (nSPS) is 10.5. The van der Waals surface area contributed by atoms with Crippen LogP contribution in [-0.2, 0) is 28.4 Å². The van der Waals surface area contributed by atoms with E-state index < -0.39 is 35.8 Å². The molecule has 0 fully saturated rings. The van der Waals surface area contributed by atoms with E-state index in [-0.39, 0.29) is 33.4 Å². The molecule has 0 bridgehead atoms. The van der Waals surface area contributed by atoms with E-state index in [2.05, 4.69) is 62.3 Å². The Morgan fingerprint density at radius 2 is 0.500 bits per heavy atom. The summed E-state index contributed by atoms with van der Waals surface area (Å²) in [7, 11) is 0. The number of rotatable bonds is 27. The minimum atomic E-state index is -0.475. The monoisotopic (exact) mass is 919 g/mol. The van der Waals surface area contributed by atoms with Gasteiger partial charge in [-0.15, -0.1) is 0 Å². The first-order chi connectivity index (χ1) is 31.7. The van der Waals surface area contributed by atoms with Crippen molar-refractivity contribution in [1.82, 2.24) is 0 Å². The van der Waals surface area contributed by atoms with Crippen molar-refractivity contribution in [2.75, 3.05) is 39.6 Å². The van der Waals surface area contributed by atoms with Crippen LogP contribution >= 0.6 is 0 Å². The molecule has 3 aromatic carbocycles. The molecule has 0 N–H and O–H groups in total. The van der Waals surface area contributed by atoms with Gasteiger partial charge in [0.1, 0.15) is 0 Å². The minimum Gasteiger partial charge on any atom is -0.462 e. The fraction of sp³-hybridized carbons (Fsp3) is 0.556. The van der Waals surface area contributed by atoms with Crippen LogP contribution in [0.1, 0.15) is 202 Å². The lowest BCUT2D eigenvalue weighted by Crippen LogP contribution is -2.15. The SMILES string of the molecule is CC(C)CCOC(=O)c1ccccc1C(=O)OCCC(C)C.CCCCCOC(=O)c1ccccc1C(=O)OCCC(C)C.CCCCCOC(=O)c1ccccc1C(=O)OCCCCC. The molecule has 0 unspecified atom stereocenters. The summed E-state index contributed by atoms with van der Waals surface area (Å²) < 4.78 is 31.3. The molecule has 0 saturated heterocycles. The predicted octanol–water partition coefficient (Wildman–Crippen LogP) is 12.7. The zero-order valence-corrected chi connectivity index (χ0v) is 41.3. The van der Waals surface area contributed by atoms with E-state index in [0.717, 1.165) is 77.0 Å². The summed E-state index contributed by atoms with van der Waals surface area (Å²) in [6.07, 6.45) is 11.2. The molecule has 66 heavy (non-hydrogen) atoms. The van der Waals surface area contributed by atoms with Gasteiger partial charge >= 0.3 is 35.8 Å². The summed E-state index contributed by atoms with van der Waals surface area (Å²) >= 11 is 0. The van der Waals surface area contributed by atoms with Gasteiger partial charge < -0.3 is 28.4 Å². The maximum Gasteiger partial charge on any atom is 0.339 e. The molecule has 0 aliphatic carbocycles. The Labute approximate surface area is 394 Å². The number of ether oxygens (including phenoxy) is 6. The van der Waals surface area contributed by atoms with E-state index in [1.165, 1.54) is 0 Å². The van der Waals surface area contributed by atoms with Gasteiger partial charge in [0.05, 0.1) is 73.0 Å². The smallest absolute Gasteiger partial charge is 0.339 e. The number of hydrogen-bond donors (Lipinski definition) is 0. The molecule has 3 aromatic rings. The Bertz CT molecular complexity index is 1780. The predicted molar refractivity (Wildman–Crippen MR) is 258 cm³/mol. The van der Waals surface area contributed by atoms with Crippen molar-refractivity contribution >= 4 is 35.8 Å². The van der Waals surface area contributed by atoms with Crippen molar-refractivity contribution in [3.8, 4) is 0 Å². The zero-order chi connectivity index (χ0) is 49.1. The van der Waals surface area contributed by atoms with Crippen LogP contribution in [0, 0.1) is 17.8 Å². The Kier molecular flexibility index (Phi) is 31.6. The topological polar surface area (TPSA) is 158 Å². The molecular weight excluding hydrogens is 841 g/mol. The van der Waals surface area contributed by atoms with Gasteiger partial charge in [-0.1, -0.05) is 137 Å². The fourth-order valence-corrected chi connectivity index (χ4v) is 5.70. The van der Waals surface area contributed by atoms with Crippen molar-refractivity contribution < 1.29 is 57.2 Å². The number of benzene rings is 3. The van der Waals surface area contributed by atoms with Crippen molar-refractivity contribution in [2.24, 2.45) is 17.8 Å². The molecule has 12 heteroatoms. The Hall–Kier alpha value is -5.52. The van der Waals surface area contributed by atoms with Gasteiger partial charge in [-0.25, -0.2) is 28.8 Å². The first-order valence-corrected chi connectivity index (χ1v) is 24.0. The lowest BCUT2D eigenvalue weighted by Gasteiger charge is -2.11. The summed E-state index contributed by atoms with van der Waals surface area (Å²) in [6.45, 7) is 20.9. The highest BCUT2D eigenvalue weighted by Gasteiger charge is 2.21. The molecule has 0 aliphatic rings. The molecule has 0 aromatic heterocycles. The molecule has 0 radical (unpaired) electrons. The van der Waals surface area contributed by atoms with Crippen LogP contribution in [0.2, 0.25) is 0 Å². The van der Waals surface area contributed by atoms with Crippen molar-refractivity contribution in [3.63, 3.8) is 0 Å². The van der Waals surface area contributed by atoms with Crippen molar-refractivity contribution in [1.29, 1.82) is 0 Å². The maximum atomic E-state index is 12.1. The summed E-state index contributed by atoms with van der Waals surface area (Å²) in [5.74, 6) is -1.42. The van der Waals surface area contributed by atoms with Gasteiger partial charge in [0, 0.05) is 0 Å². The van der Waals surface area contributed by atoms with Crippen LogP contribution < -0.4 is 0 Å². The van der Waals surface area contributed by atoms with Crippen LogP contribution in [0.4, 0.5) is 0 Å². The van der Waals surface area contributed by atoms with E-state index in [1.807, 2.05) is 0 Å². The highest BCUT2D eigenvalue weighted by Crippen LogP contribution is 2.16. The van der Waals surface area contributed by atoms with Crippen LogP contribution in [0.15, 0.2) is 72.8 Å². The second-order valence-electron chi connectivity index (χ2n) is 17.1. The largest absolute Gasteiger partial charge is 0.462 e. The highest BCUT2D eigenvalue weighted by molar-refractivity contribution is 6.04. The molecule has 0 aliphatic heterocycles.